The molecule has 0 aliphatic carbocycles. The number of amides is 2. The number of ether oxygens (including phenoxy) is 2. The highest BCUT2D eigenvalue weighted by molar-refractivity contribution is 5.74. The SMILES string of the molecule is C[C@H]1CN(C(=O)NCc2ccc(Oc3ccc(F)cc3)nc2)CCO1. The van der Waals surface area contributed by atoms with Crippen molar-refractivity contribution in [1.82, 2.24) is 15.2 Å². The van der Waals surface area contributed by atoms with Gasteiger partial charge < -0.3 is 19.7 Å². The van der Waals surface area contributed by atoms with E-state index in [0.29, 0.717) is 37.9 Å². The van der Waals surface area contributed by atoms with Crippen LogP contribution in [0.2, 0.25) is 0 Å². The zero-order chi connectivity index (χ0) is 17.6. The maximum Gasteiger partial charge on any atom is 0.317 e. The molecule has 0 bridgehead atoms. The quantitative estimate of drug-likeness (QED) is 0.925. The maximum absolute atomic E-state index is 12.9. The highest BCUT2D eigenvalue weighted by Gasteiger charge is 2.20. The van der Waals surface area contributed by atoms with Crippen LogP contribution in [0.15, 0.2) is 42.6 Å². The van der Waals surface area contributed by atoms with Crippen molar-refractivity contribution in [3.05, 3.63) is 54.0 Å². The van der Waals surface area contributed by atoms with Gasteiger partial charge in [0.05, 0.1) is 12.7 Å². The minimum atomic E-state index is -0.318. The van der Waals surface area contributed by atoms with Crippen molar-refractivity contribution in [1.29, 1.82) is 0 Å². The molecule has 1 aliphatic heterocycles. The van der Waals surface area contributed by atoms with Crippen molar-refractivity contribution in [3.63, 3.8) is 0 Å². The van der Waals surface area contributed by atoms with E-state index in [1.54, 1.807) is 17.2 Å². The van der Waals surface area contributed by atoms with Crippen molar-refractivity contribution in [3.8, 4) is 11.6 Å². The molecule has 1 aromatic heterocycles. The largest absolute Gasteiger partial charge is 0.439 e. The fraction of sp³-hybridized carbons (Fsp3) is 0.333. The molecule has 25 heavy (non-hydrogen) atoms. The molecular weight excluding hydrogens is 325 g/mol. The second-order valence-corrected chi connectivity index (χ2v) is 5.85. The third-order valence-electron chi connectivity index (χ3n) is 3.81. The lowest BCUT2D eigenvalue weighted by atomic mass is 10.3. The van der Waals surface area contributed by atoms with Gasteiger partial charge in [0, 0.05) is 31.9 Å². The monoisotopic (exact) mass is 345 g/mol. The summed E-state index contributed by atoms with van der Waals surface area (Å²) in [6, 6.07) is 9.15. The lowest BCUT2D eigenvalue weighted by Crippen LogP contribution is -2.48. The van der Waals surface area contributed by atoms with Crippen LogP contribution in [0, 0.1) is 5.82 Å². The Morgan fingerprint density at radius 1 is 1.36 bits per heavy atom. The first-order valence-corrected chi connectivity index (χ1v) is 8.13. The molecule has 0 spiro atoms. The Morgan fingerprint density at radius 2 is 2.16 bits per heavy atom. The molecule has 3 rings (SSSR count). The molecule has 1 saturated heterocycles. The van der Waals surface area contributed by atoms with Crippen LogP contribution in [-0.4, -0.2) is 41.7 Å². The standard InChI is InChI=1S/C18H20FN3O3/c1-13-12-22(8-9-24-13)18(23)21-11-14-2-7-17(20-10-14)25-16-5-3-15(19)4-6-16/h2-7,10,13H,8-9,11-12H2,1H3,(H,21,23)/t13-/m0/s1. The van der Waals surface area contributed by atoms with E-state index in [4.69, 9.17) is 9.47 Å². The summed E-state index contributed by atoms with van der Waals surface area (Å²) in [5.41, 5.74) is 0.862. The van der Waals surface area contributed by atoms with Crippen LogP contribution >= 0.6 is 0 Å². The molecular formula is C18H20FN3O3. The van der Waals surface area contributed by atoms with Crippen LogP contribution in [0.4, 0.5) is 9.18 Å². The third-order valence-corrected chi connectivity index (χ3v) is 3.81. The lowest BCUT2D eigenvalue weighted by Gasteiger charge is -2.31. The summed E-state index contributed by atoms with van der Waals surface area (Å²) in [5, 5.41) is 2.87. The van der Waals surface area contributed by atoms with E-state index in [2.05, 4.69) is 10.3 Å². The van der Waals surface area contributed by atoms with Gasteiger partial charge in [0.25, 0.3) is 0 Å². The normalized spacial score (nSPS) is 17.2. The average Bonchev–Trinajstić information content (AvgIpc) is 2.63. The zero-order valence-corrected chi connectivity index (χ0v) is 13.9. The Balaban J connectivity index is 1.50. The van der Waals surface area contributed by atoms with Gasteiger partial charge in [-0.2, -0.15) is 0 Å². The fourth-order valence-electron chi connectivity index (χ4n) is 2.49. The third kappa shape index (κ3) is 4.90. The van der Waals surface area contributed by atoms with E-state index < -0.39 is 0 Å². The number of nitrogens with zero attached hydrogens (tertiary/aromatic N) is 2. The number of rotatable bonds is 4. The average molecular weight is 345 g/mol. The van der Waals surface area contributed by atoms with Gasteiger partial charge in [-0.25, -0.2) is 14.2 Å². The molecule has 1 aromatic carbocycles. The van der Waals surface area contributed by atoms with Gasteiger partial charge in [-0.3, -0.25) is 0 Å². The molecule has 2 amide bonds. The van der Waals surface area contributed by atoms with Gasteiger partial charge in [0.2, 0.25) is 5.88 Å². The molecule has 0 unspecified atom stereocenters. The van der Waals surface area contributed by atoms with Gasteiger partial charge in [0.1, 0.15) is 11.6 Å². The maximum atomic E-state index is 12.9. The predicted octanol–water partition coefficient (Wildman–Crippen LogP) is 2.94. The minimum absolute atomic E-state index is 0.0593. The Morgan fingerprint density at radius 3 is 2.84 bits per heavy atom. The number of aromatic nitrogens is 1. The van der Waals surface area contributed by atoms with Gasteiger partial charge in [-0.1, -0.05) is 6.07 Å². The van der Waals surface area contributed by atoms with E-state index in [-0.39, 0.29) is 18.0 Å². The van der Waals surface area contributed by atoms with Crippen LogP contribution in [-0.2, 0) is 11.3 Å². The summed E-state index contributed by atoms with van der Waals surface area (Å²) in [7, 11) is 0. The molecule has 1 N–H and O–H groups in total. The van der Waals surface area contributed by atoms with E-state index >= 15 is 0 Å². The lowest BCUT2D eigenvalue weighted by molar-refractivity contribution is -0.00351. The molecule has 0 radical (unpaired) electrons. The van der Waals surface area contributed by atoms with Gasteiger partial charge >= 0.3 is 6.03 Å². The van der Waals surface area contributed by atoms with Crippen LogP contribution in [0.5, 0.6) is 11.6 Å². The zero-order valence-electron chi connectivity index (χ0n) is 13.9. The molecule has 0 saturated carbocycles. The molecule has 132 valence electrons. The number of carbonyl (C=O) groups excluding carboxylic acids is 1. The summed E-state index contributed by atoms with van der Waals surface area (Å²) >= 11 is 0. The van der Waals surface area contributed by atoms with Crippen molar-refractivity contribution in [2.75, 3.05) is 19.7 Å². The number of carbonyl (C=O) groups is 1. The highest BCUT2D eigenvalue weighted by atomic mass is 19.1. The van der Waals surface area contributed by atoms with Gasteiger partial charge in [-0.05, 0) is 36.8 Å². The molecule has 2 heterocycles. The Bertz CT molecular complexity index is 707. The molecule has 6 nitrogen and oxygen atoms in total. The van der Waals surface area contributed by atoms with Crippen LogP contribution in [0.3, 0.4) is 0 Å². The van der Waals surface area contributed by atoms with Crippen LogP contribution < -0.4 is 10.1 Å². The molecule has 1 aliphatic rings. The Hall–Kier alpha value is -2.67. The van der Waals surface area contributed by atoms with Gasteiger partial charge in [-0.15, -0.1) is 0 Å². The summed E-state index contributed by atoms with van der Waals surface area (Å²) in [6.45, 7) is 4.08. The van der Waals surface area contributed by atoms with E-state index in [1.165, 1.54) is 24.3 Å². The first kappa shape index (κ1) is 17.2. The Labute approximate surface area is 145 Å². The van der Waals surface area contributed by atoms with Crippen LogP contribution in [0.1, 0.15) is 12.5 Å². The number of hydrogen-bond acceptors (Lipinski definition) is 4. The van der Waals surface area contributed by atoms with E-state index in [0.717, 1.165) is 5.56 Å². The summed E-state index contributed by atoms with van der Waals surface area (Å²) in [6.07, 6.45) is 1.70. The second-order valence-electron chi connectivity index (χ2n) is 5.85. The summed E-state index contributed by atoms with van der Waals surface area (Å²) in [4.78, 5) is 18.1. The first-order valence-electron chi connectivity index (χ1n) is 8.13. The number of halogens is 1. The van der Waals surface area contributed by atoms with E-state index in [1.807, 2.05) is 13.0 Å². The number of hydrogen-bond donors (Lipinski definition) is 1. The fourth-order valence-corrected chi connectivity index (χ4v) is 2.49. The topological polar surface area (TPSA) is 63.7 Å². The summed E-state index contributed by atoms with van der Waals surface area (Å²) < 4.78 is 23.8. The number of nitrogens with one attached hydrogen (secondary N) is 1. The number of benzene rings is 1. The molecule has 2 aromatic rings. The highest BCUT2D eigenvalue weighted by Crippen LogP contribution is 2.19. The predicted molar refractivity (Wildman–Crippen MR) is 89.9 cm³/mol. The first-order chi connectivity index (χ1) is 12.1. The van der Waals surface area contributed by atoms with E-state index in [9.17, 15) is 9.18 Å². The van der Waals surface area contributed by atoms with Crippen molar-refractivity contribution in [2.24, 2.45) is 0 Å². The van der Waals surface area contributed by atoms with Crippen LogP contribution in [0.25, 0.3) is 0 Å². The van der Waals surface area contributed by atoms with Crippen molar-refractivity contribution in [2.45, 2.75) is 19.6 Å². The molecule has 1 atom stereocenters. The van der Waals surface area contributed by atoms with Crippen molar-refractivity contribution >= 4 is 6.03 Å². The number of pyridine rings is 1. The minimum Gasteiger partial charge on any atom is -0.439 e. The number of urea groups is 1. The molecule has 7 heteroatoms. The Kier molecular flexibility index (Phi) is 5.45. The van der Waals surface area contributed by atoms with Crippen molar-refractivity contribution < 1.29 is 18.7 Å². The smallest absolute Gasteiger partial charge is 0.317 e. The second kappa shape index (κ2) is 7.94. The van der Waals surface area contributed by atoms with Gasteiger partial charge in [0.15, 0.2) is 0 Å². The molecule has 1 fully saturated rings. The summed E-state index contributed by atoms with van der Waals surface area (Å²) in [5.74, 6) is 0.598. The number of morpholine rings is 1.